The molecule has 18 heavy (non-hydrogen) atoms. The first-order chi connectivity index (χ1) is 8.72. The van der Waals surface area contributed by atoms with Gasteiger partial charge in [0.2, 0.25) is 0 Å². The van der Waals surface area contributed by atoms with Crippen LogP contribution < -0.4 is 0 Å². The number of carbonyl (C=O) groups excluding carboxylic acids is 2. The van der Waals surface area contributed by atoms with E-state index in [1.165, 1.54) is 12.8 Å². The van der Waals surface area contributed by atoms with Crippen molar-refractivity contribution in [2.24, 2.45) is 0 Å². The van der Waals surface area contributed by atoms with Gasteiger partial charge < -0.3 is 4.79 Å². The quantitative estimate of drug-likeness (QED) is 0.292. The van der Waals surface area contributed by atoms with Gasteiger partial charge in [-0.25, -0.2) is 0 Å². The van der Waals surface area contributed by atoms with E-state index in [9.17, 15) is 9.59 Å². The van der Waals surface area contributed by atoms with E-state index in [4.69, 9.17) is 0 Å². The van der Waals surface area contributed by atoms with E-state index in [0.717, 1.165) is 44.8 Å². The van der Waals surface area contributed by atoms with Crippen molar-refractivity contribution in [3.05, 3.63) is 24.3 Å². The molecule has 0 saturated heterocycles. The summed E-state index contributed by atoms with van der Waals surface area (Å²) < 4.78 is 0. The van der Waals surface area contributed by atoms with Crippen LogP contribution in [0.5, 0.6) is 0 Å². The summed E-state index contributed by atoms with van der Waals surface area (Å²) in [4.78, 5) is 21.8. The fourth-order valence-electron chi connectivity index (χ4n) is 1.69. The van der Waals surface area contributed by atoms with Crippen molar-refractivity contribution in [3.8, 4) is 0 Å². The topological polar surface area (TPSA) is 34.1 Å². The fourth-order valence-corrected chi connectivity index (χ4v) is 1.69. The van der Waals surface area contributed by atoms with Gasteiger partial charge in [-0.15, -0.1) is 0 Å². The lowest BCUT2D eigenvalue weighted by Gasteiger charge is -2.01. The lowest BCUT2D eigenvalue weighted by molar-refractivity contribution is -0.111. The number of ketones is 1. The van der Waals surface area contributed by atoms with Gasteiger partial charge in [0.1, 0.15) is 6.29 Å². The van der Waals surface area contributed by atoms with Crippen LogP contribution in [0.3, 0.4) is 0 Å². The van der Waals surface area contributed by atoms with E-state index >= 15 is 0 Å². The molecule has 0 saturated carbocycles. The number of unbranched alkanes of at least 4 members (excludes halogenated alkanes) is 6. The second-order valence-corrected chi connectivity index (χ2v) is 4.63. The Morgan fingerprint density at radius 2 is 1.78 bits per heavy atom. The molecule has 0 heterocycles. The Morgan fingerprint density at radius 1 is 1.06 bits per heavy atom. The van der Waals surface area contributed by atoms with Crippen LogP contribution in [0.1, 0.15) is 64.7 Å². The number of hydrogen-bond donors (Lipinski definition) is 0. The highest BCUT2D eigenvalue weighted by Crippen LogP contribution is 2.10. The molecule has 2 heteroatoms. The SMILES string of the molecule is C=C(CCCCCC=O)C(=O)C=CCCCCC. The monoisotopic (exact) mass is 250 g/mol. The summed E-state index contributed by atoms with van der Waals surface area (Å²) in [6.07, 6.45) is 13.3. The third kappa shape index (κ3) is 10.0. The first-order valence-electron chi connectivity index (χ1n) is 7.04. The number of hydrogen-bond acceptors (Lipinski definition) is 2. The predicted octanol–water partition coefficient (Wildman–Crippen LogP) is 4.40. The second-order valence-electron chi connectivity index (χ2n) is 4.63. The number of rotatable bonds is 12. The molecule has 2 nitrogen and oxygen atoms in total. The number of carbonyl (C=O) groups is 2. The zero-order chi connectivity index (χ0) is 13.6. The van der Waals surface area contributed by atoms with Gasteiger partial charge in [0.05, 0.1) is 0 Å². The van der Waals surface area contributed by atoms with E-state index in [2.05, 4.69) is 13.5 Å². The van der Waals surface area contributed by atoms with Gasteiger partial charge in [-0.05, 0) is 43.8 Å². The predicted molar refractivity (Wildman–Crippen MR) is 76.6 cm³/mol. The van der Waals surface area contributed by atoms with E-state index in [-0.39, 0.29) is 5.78 Å². The summed E-state index contributed by atoms with van der Waals surface area (Å²) in [5.41, 5.74) is 0.688. The molecule has 0 unspecified atom stereocenters. The Morgan fingerprint density at radius 3 is 2.44 bits per heavy atom. The summed E-state index contributed by atoms with van der Waals surface area (Å²) in [5, 5.41) is 0. The zero-order valence-electron chi connectivity index (χ0n) is 11.6. The van der Waals surface area contributed by atoms with Crippen molar-refractivity contribution in [2.75, 3.05) is 0 Å². The molecule has 0 spiro atoms. The molecule has 0 aromatic carbocycles. The fraction of sp³-hybridized carbons (Fsp3) is 0.625. The van der Waals surface area contributed by atoms with Crippen LogP contribution in [-0.4, -0.2) is 12.1 Å². The molecule has 0 bridgehead atoms. The third-order valence-corrected chi connectivity index (χ3v) is 2.89. The van der Waals surface area contributed by atoms with Gasteiger partial charge >= 0.3 is 0 Å². The van der Waals surface area contributed by atoms with Crippen LogP contribution in [0.2, 0.25) is 0 Å². The molecule has 0 aliphatic carbocycles. The van der Waals surface area contributed by atoms with Crippen molar-refractivity contribution in [1.82, 2.24) is 0 Å². The molecule has 0 amide bonds. The molecule has 0 rings (SSSR count). The molecule has 0 radical (unpaired) electrons. The molecule has 0 fully saturated rings. The molecule has 0 aliphatic rings. The Bertz CT molecular complexity index is 277. The lowest BCUT2D eigenvalue weighted by atomic mass is 10.0. The molecular formula is C16H26O2. The average Bonchev–Trinajstić information content (AvgIpc) is 2.37. The van der Waals surface area contributed by atoms with Gasteiger partial charge in [0, 0.05) is 6.42 Å². The summed E-state index contributed by atoms with van der Waals surface area (Å²) in [6, 6.07) is 0. The number of aldehydes is 1. The zero-order valence-corrected chi connectivity index (χ0v) is 11.6. The highest BCUT2D eigenvalue weighted by molar-refractivity contribution is 6.03. The minimum atomic E-state index is 0.0573. The highest BCUT2D eigenvalue weighted by Gasteiger charge is 2.02. The Hall–Kier alpha value is -1.18. The molecular weight excluding hydrogens is 224 g/mol. The van der Waals surface area contributed by atoms with Crippen molar-refractivity contribution in [3.63, 3.8) is 0 Å². The Kier molecular flexibility index (Phi) is 11.5. The normalized spacial score (nSPS) is 10.7. The first-order valence-corrected chi connectivity index (χ1v) is 7.04. The van der Waals surface area contributed by atoms with Crippen LogP contribution in [0, 0.1) is 0 Å². The molecule has 0 atom stereocenters. The molecule has 0 aliphatic heterocycles. The van der Waals surface area contributed by atoms with Crippen LogP contribution in [0.15, 0.2) is 24.3 Å². The second kappa shape index (κ2) is 12.3. The molecule has 0 aromatic rings. The maximum atomic E-state index is 11.7. The van der Waals surface area contributed by atoms with Crippen LogP contribution >= 0.6 is 0 Å². The van der Waals surface area contributed by atoms with Crippen molar-refractivity contribution in [1.29, 1.82) is 0 Å². The van der Waals surface area contributed by atoms with Gasteiger partial charge in [-0.1, -0.05) is 38.8 Å². The van der Waals surface area contributed by atoms with Crippen LogP contribution in [0.4, 0.5) is 0 Å². The van der Waals surface area contributed by atoms with Crippen molar-refractivity contribution >= 4 is 12.1 Å². The summed E-state index contributed by atoms with van der Waals surface area (Å²) in [7, 11) is 0. The maximum absolute atomic E-state index is 11.7. The summed E-state index contributed by atoms with van der Waals surface area (Å²) in [5.74, 6) is 0.0573. The van der Waals surface area contributed by atoms with Gasteiger partial charge in [0.25, 0.3) is 0 Å². The summed E-state index contributed by atoms with van der Waals surface area (Å²) in [6.45, 7) is 5.99. The third-order valence-electron chi connectivity index (χ3n) is 2.89. The number of allylic oxidation sites excluding steroid dienone is 3. The Balaban J connectivity index is 3.62. The maximum Gasteiger partial charge on any atom is 0.180 e. The minimum Gasteiger partial charge on any atom is -0.303 e. The molecule has 0 aromatic heterocycles. The van der Waals surface area contributed by atoms with E-state index in [1.54, 1.807) is 6.08 Å². The molecule has 102 valence electrons. The van der Waals surface area contributed by atoms with Crippen LogP contribution in [-0.2, 0) is 9.59 Å². The summed E-state index contributed by atoms with van der Waals surface area (Å²) >= 11 is 0. The Labute approximate surface area is 111 Å². The highest BCUT2D eigenvalue weighted by atomic mass is 16.1. The van der Waals surface area contributed by atoms with Gasteiger partial charge in [-0.2, -0.15) is 0 Å². The van der Waals surface area contributed by atoms with Crippen molar-refractivity contribution in [2.45, 2.75) is 64.7 Å². The van der Waals surface area contributed by atoms with Crippen LogP contribution in [0.25, 0.3) is 0 Å². The smallest absolute Gasteiger partial charge is 0.180 e. The minimum absolute atomic E-state index is 0.0573. The average molecular weight is 250 g/mol. The standard InChI is InChI=1S/C16H26O2/c1-3-4-5-6-10-13-16(18)15(2)12-9-7-8-11-14-17/h10,13-14H,2-9,11-12H2,1H3. The van der Waals surface area contributed by atoms with Gasteiger partial charge in [0.15, 0.2) is 5.78 Å². The largest absolute Gasteiger partial charge is 0.303 e. The first kappa shape index (κ1) is 16.8. The van der Waals surface area contributed by atoms with E-state index in [1.807, 2.05) is 6.08 Å². The van der Waals surface area contributed by atoms with Gasteiger partial charge in [-0.3, -0.25) is 4.79 Å². The lowest BCUT2D eigenvalue weighted by Crippen LogP contribution is -1.97. The van der Waals surface area contributed by atoms with Crippen molar-refractivity contribution < 1.29 is 9.59 Å². The van der Waals surface area contributed by atoms with E-state index in [0.29, 0.717) is 12.0 Å². The molecule has 0 N–H and O–H groups in total. The van der Waals surface area contributed by atoms with E-state index < -0.39 is 0 Å².